The van der Waals surface area contributed by atoms with Gasteiger partial charge in [0.25, 0.3) is 0 Å². The molecule has 2 heterocycles. The standard InChI is InChI=1S/C18H16FN3OS2/c19-16-7-2-1-5-13(16)11-24-18-22-15(12-25-18)9-17(23)21-10-14-6-3-4-8-20-14/h1-8,12H,9-11H2,(H,21,23). The van der Waals surface area contributed by atoms with E-state index in [0.717, 1.165) is 15.7 Å². The minimum Gasteiger partial charge on any atom is -0.350 e. The number of thiazole rings is 1. The third-order valence-corrected chi connectivity index (χ3v) is 5.49. The Kier molecular flexibility index (Phi) is 6.14. The molecule has 0 atom stereocenters. The van der Waals surface area contributed by atoms with Gasteiger partial charge in [0.15, 0.2) is 0 Å². The van der Waals surface area contributed by atoms with Gasteiger partial charge in [0.2, 0.25) is 5.91 Å². The summed E-state index contributed by atoms with van der Waals surface area (Å²) in [7, 11) is 0. The van der Waals surface area contributed by atoms with Crippen molar-refractivity contribution in [3.8, 4) is 0 Å². The van der Waals surface area contributed by atoms with E-state index in [1.165, 1.54) is 29.2 Å². The lowest BCUT2D eigenvalue weighted by Crippen LogP contribution is -2.25. The molecule has 0 radical (unpaired) electrons. The molecule has 0 unspecified atom stereocenters. The highest BCUT2D eigenvalue weighted by Gasteiger charge is 2.09. The van der Waals surface area contributed by atoms with Crippen molar-refractivity contribution in [1.29, 1.82) is 0 Å². The van der Waals surface area contributed by atoms with E-state index in [1.807, 2.05) is 29.6 Å². The second kappa shape index (κ2) is 8.73. The van der Waals surface area contributed by atoms with E-state index in [4.69, 9.17) is 0 Å². The molecule has 128 valence electrons. The number of nitrogens with zero attached hydrogens (tertiary/aromatic N) is 2. The van der Waals surface area contributed by atoms with Crippen LogP contribution < -0.4 is 5.32 Å². The molecule has 2 aromatic heterocycles. The number of carbonyl (C=O) groups excluding carboxylic acids is 1. The topological polar surface area (TPSA) is 54.9 Å². The molecule has 0 aliphatic rings. The Bertz CT molecular complexity index is 839. The average Bonchev–Trinajstić information content (AvgIpc) is 3.07. The zero-order valence-corrected chi connectivity index (χ0v) is 14.9. The van der Waals surface area contributed by atoms with Crippen LogP contribution in [0.3, 0.4) is 0 Å². The van der Waals surface area contributed by atoms with Crippen LogP contribution in [0.1, 0.15) is 17.0 Å². The summed E-state index contributed by atoms with van der Waals surface area (Å²) in [6, 6.07) is 12.3. The zero-order chi connectivity index (χ0) is 17.5. The van der Waals surface area contributed by atoms with E-state index >= 15 is 0 Å². The number of amides is 1. The number of benzene rings is 1. The molecule has 0 spiro atoms. The number of rotatable bonds is 7. The first-order chi connectivity index (χ1) is 12.2. The van der Waals surface area contributed by atoms with Gasteiger partial charge in [0.1, 0.15) is 10.2 Å². The van der Waals surface area contributed by atoms with Gasteiger partial charge in [-0.3, -0.25) is 9.78 Å². The Morgan fingerprint density at radius 2 is 2.00 bits per heavy atom. The predicted octanol–water partition coefficient (Wildman–Crippen LogP) is 3.83. The Balaban J connectivity index is 1.48. The van der Waals surface area contributed by atoms with E-state index in [1.54, 1.807) is 18.3 Å². The SMILES string of the molecule is O=C(Cc1csc(SCc2ccccc2F)n1)NCc1ccccn1. The van der Waals surface area contributed by atoms with E-state index in [9.17, 15) is 9.18 Å². The smallest absolute Gasteiger partial charge is 0.226 e. The van der Waals surface area contributed by atoms with Gasteiger partial charge in [-0.2, -0.15) is 0 Å². The summed E-state index contributed by atoms with van der Waals surface area (Å²) in [4.78, 5) is 20.6. The molecule has 1 aromatic carbocycles. The van der Waals surface area contributed by atoms with E-state index < -0.39 is 0 Å². The van der Waals surface area contributed by atoms with Gasteiger partial charge in [-0.25, -0.2) is 9.37 Å². The van der Waals surface area contributed by atoms with Crippen LogP contribution in [0.25, 0.3) is 0 Å². The number of halogens is 1. The lowest BCUT2D eigenvalue weighted by atomic mass is 10.2. The van der Waals surface area contributed by atoms with Gasteiger partial charge in [-0.15, -0.1) is 11.3 Å². The maximum absolute atomic E-state index is 13.6. The van der Waals surface area contributed by atoms with Crippen LogP contribution >= 0.6 is 23.1 Å². The van der Waals surface area contributed by atoms with Crippen LogP contribution in [0.2, 0.25) is 0 Å². The molecule has 1 amide bonds. The van der Waals surface area contributed by atoms with Crippen LogP contribution in [0, 0.1) is 5.82 Å². The number of nitrogens with one attached hydrogen (secondary N) is 1. The Hall–Kier alpha value is -2.25. The van der Waals surface area contributed by atoms with Crippen molar-refractivity contribution >= 4 is 29.0 Å². The van der Waals surface area contributed by atoms with E-state index in [2.05, 4.69) is 15.3 Å². The third-order valence-electron chi connectivity index (χ3n) is 3.37. The van der Waals surface area contributed by atoms with Crippen molar-refractivity contribution in [2.24, 2.45) is 0 Å². The second-order valence-corrected chi connectivity index (χ2v) is 7.34. The van der Waals surface area contributed by atoms with Gasteiger partial charge in [0, 0.05) is 17.3 Å². The molecule has 0 saturated carbocycles. The fraction of sp³-hybridized carbons (Fsp3) is 0.167. The van der Waals surface area contributed by atoms with Gasteiger partial charge in [-0.1, -0.05) is 36.0 Å². The fourth-order valence-electron chi connectivity index (χ4n) is 2.11. The van der Waals surface area contributed by atoms with E-state index in [0.29, 0.717) is 17.9 Å². The molecule has 0 aliphatic heterocycles. The Morgan fingerprint density at radius 3 is 2.80 bits per heavy atom. The molecule has 7 heteroatoms. The number of hydrogen-bond donors (Lipinski definition) is 1. The maximum atomic E-state index is 13.6. The lowest BCUT2D eigenvalue weighted by Gasteiger charge is -2.03. The minimum absolute atomic E-state index is 0.0957. The van der Waals surface area contributed by atoms with Gasteiger partial charge in [0.05, 0.1) is 24.4 Å². The van der Waals surface area contributed by atoms with Crippen LogP contribution in [-0.4, -0.2) is 15.9 Å². The molecule has 0 bridgehead atoms. The summed E-state index contributed by atoms with van der Waals surface area (Å²) in [6.07, 6.45) is 1.92. The molecule has 0 aliphatic carbocycles. The third kappa shape index (κ3) is 5.37. The monoisotopic (exact) mass is 373 g/mol. The normalized spacial score (nSPS) is 10.6. The number of aromatic nitrogens is 2. The van der Waals surface area contributed by atoms with E-state index in [-0.39, 0.29) is 18.1 Å². The van der Waals surface area contributed by atoms with Crippen LogP contribution in [0.15, 0.2) is 58.4 Å². The fourth-order valence-corrected chi connectivity index (χ4v) is 3.94. The molecule has 0 saturated heterocycles. The molecule has 3 aromatic rings. The lowest BCUT2D eigenvalue weighted by molar-refractivity contribution is -0.120. The van der Waals surface area contributed by atoms with Crippen molar-refractivity contribution in [1.82, 2.24) is 15.3 Å². The summed E-state index contributed by atoms with van der Waals surface area (Å²) >= 11 is 2.94. The molecular weight excluding hydrogens is 357 g/mol. The Morgan fingerprint density at radius 1 is 1.16 bits per heavy atom. The van der Waals surface area contributed by atoms with Gasteiger partial charge in [-0.05, 0) is 23.8 Å². The minimum atomic E-state index is -0.208. The highest BCUT2D eigenvalue weighted by molar-refractivity contribution is 8.00. The molecule has 4 nitrogen and oxygen atoms in total. The first-order valence-electron chi connectivity index (χ1n) is 7.68. The number of carbonyl (C=O) groups is 1. The molecule has 25 heavy (non-hydrogen) atoms. The summed E-state index contributed by atoms with van der Waals surface area (Å²) in [5, 5.41) is 4.69. The summed E-state index contributed by atoms with van der Waals surface area (Å²) in [6.45, 7) is 0.401. The van der Waals surface area contributed by atoms with Crippen LogP contribution in [0.5, 0.6) is 0 Å². The van der Waals surface area contributed by atoms with Crippen molar-refractivity contribution in [3.63, 3.8) is 0 Å². The first kappa shape index (κ1) is 17.6. The molecule has 1 N–H and O–H groups in total. The average molecular weight is 373 g/mol. The number of pyridine rings is 1. The summed E-state index contributed by atoms with van der Waals surface area (Å²) in [5.74, 6) is 0.216. The number of thioether (sulfide) groups is 1. The van der Waals surface area contributed by atoms with Gasteiger partial charge >= 0.3 is 0 Å². The van der Waals surface area contributed by atoms with Crippen molar-refractivity contribution in [2.75, 3.05) is 0 Å². The second-order valence-electron chi connectivity index (χ2n) is 5.26. The van der Waals surface area contributed by atoms with Gasteiger partial charge < -0.3 is 5.32 Å². The summed E-state index contributed by atoms with van der Waals surface area (Å²) in [5.41, 5.74) is 2.19. The molecule has 3 rings (SSSR count). The Labute approximate surface area is 153 Å². The quantitative estimate of drug-likeness (QED) is 0.640. The van der Waals surface area contributed by atoms with Crippen molar-refractivity contribution < 1.29 is 9.18 Å². The predicted molar refractivity (Wildman–Crippen MR) is 97.9 cm³/mol. The van der Waals surface area contributed by atoms with Crippen LogP contribution in [0.4, 0.5) is 4.39 Å². The largest absolute Gasteiger partial charge is 0.350 e. The van der Waals surface area contributed by atoms with Crippen molar-refractivity contribution in [2.45, 2.75) is 23.1 Å². The zero-order valence-electron chi connectivity index (χ0n) is 13.3. The highest BCUT2D eigenvalue weighted by Crippen LogP contribution is 2.27. The van der Waals surface area contributed by atoms with Crippen molar-refractivity contribution in [3.05, 3.63) is 76.8 Å². The number of hydrogen-bond acceptors (Lipinski definition) is 5. The first-order valence-corrected chi connectivity index (χ1v) is 9.54. The summed E-state index contributed by atoms with van der Waals surface area (Å²) < 4.78 is 14.4. The maximum Gasteiger partial charge on any atom is 0.226 e. The molecule has 0 fully saturated rings. The highest BCUT2D eigenvalue weighted by atomic mass is 32.2. The van der Waals surface area contributed by atoms with Crippen LogP contribution in [-0.2, 0) is 23.5 Å². The molecular formula is C18H16FN3OS2.